The maximum absolute atomic E-state index is 10.00. The highest BCUT2D eigenvalue weighted by molar-refractivity contribution is 6.33. The number of carboxylic acid groups (broad SMARTS) is 1. The van der Waals surface area contributed by atoms with E-state index in [-0.39, 0.29) is 5.16 Å². The maximum atomic E-state index is 10.00. The zero-order valence-electron chi connectivity index (χ0n) is 4.39. The molecule has 0 radical (unpaired) electrons. The first-order valence-electron chi connectivity index (χ1n) is 1.98. The fraction of sp³-hybridized carbons (Fsp3) is 0. The van der Waals surface area contributed by atoms with E-state index in [0.29, 0.717) is 6.21 Å². The van der Waals surface area contributed by atoms with Crippen molar-refractivity contribution in [2.24, 2.45) is 5.73 Å². The van der Waals surface area contributed by atoms with Crippen molar-refractivity contribution in [1.29, 1.82) is 5.41 Å². The molecule has 0 unspecified atom stereocenters. The fourth-order valence-electron chi connectivity index (χ4n) is 0.233. The van der Waals surface area contributed by atoms with Crippen molar-refractivity contribution in [2.75, 3.05) is 0 Å². The Morgan fingerprint density at radius 3 is 2.22 bits per heavy atom. The molecule has 50 valence electrons. The summed E-state index contributed by atoms with van der Waals surface area (Å²) in [5, 5.41) is 14.3. The van der Waals surface area contributed by atoms with Crippen LogP contribution < -0.4 is 5.73 Å². The van der Waals surface area contributed by atoms with Gasteiger partial charge in [0.15, 0.2) is 0 Å². The quantitative estimate of drug-likeness (QED) is 0.296. The summed E-state index contributed by atoms with van der Waals surface area (Å²) in [6.45, 7) is 0. The fourth-order valence-corrected chi connectivity index (χ4v) is 0.368. The lowest BCUT2D eigenvalue weighted by molar-refractivity contribution is -0.132. The number of halogens is 1. The van der Waals surface area contributed by atoms with Gasteiger partial charge < -0.3 is 16.2 Å². The summed E-state index contributed by atoms with van der Waals surface area (Å²) in [7, 11) is 0. The average Bonchev–Trinajstić information content (AvgIpc) is 1.64. The second kappa shape index (κ2) is 3.09. The lowest BCUT2D eigenvalue weighted by Crippen LogP contribution is -2.07. The van der Waals surface area contributed by atoms with E-state index in [4.69, 9.17) is 27.9 Å². The molecule has 5 heteroatoms. The molecule has 4 nitrogen and oxygen atoms in total. The van der Waals surface area contributed by atoms with E-state index in [2.05, 4.69) is 0 Å². The van der Waals surface area contributed by atoms with Gasteiger partial charge in [-0.15, -0.1) is 0 Å². The number of rotatable bonds is 2. The zero-order chi connectivity index (χ0) is 7.44. The minimum Gasteiger partial charge on any atom is -0.478 e. The molecule has 9 heavy (non-hydrogen) atoms. The third-order valence-electron chi connectivity index (χ3n) is 0.632. The zero-order valence-corrected chi connectivity index (χ0v) is 5.14. The van der Waals surface area contributed by atoms with Gasteiger partial charge >= 0.3 is 5.97 Å². The maximum Gasteiger partial charge on any atom is 0.340 e. The molecule has 0 aliphatic rings. The largest absolute Gasteiger partial charge is 0.478 e. The van der Waals surface area contributed by atoms with E-state index in [1.165, 1.54) is 0 Å². The molecule has 0 spiro atoms. The predicted molar refractivity (Wildman–Crippen MR) is 33.5 cm³/mol. The first-order chi connectivity index (χ1) is 4.09. The first kappa shape index (κ1) is 7.97. The van der Waals surface area contributed by atoms with E-state index in [9.17, 15) is 4.79 Å². The van der Waals surface area contributed by atoms with Gasteiger partial charge in [-0.2, -0.15) is 0 Å². The Morgan fingerprint density at radius 1 is 1.78 bits per heavy atom. The molecule has 0 saturated carbocycles. The van der Waals surface area contributed by atoms with Crippen LogP contribution in [0, 0.1) is 5.41 Å². The van der Waals surface area contributed by atoms with Gasteiger partial charge in [0, 0.05) is 6.21 Å². The van der Waals surface area contributed by atoms with E-state index < -0.39 is 11.5 Å². The minimum atomic E-state index is -1.29. The molecule has 0 fully saturated rings. The highest BCUT2D eigenvalue weighted by Gasteiger charge is 2.05. The van der Waals surface area contributed by atoms with Crippen molar-refractivity contribution in [3.05, 3.63) is 10.7 Å². The van der Waals surface area contributed by atoms with Gasteiger partial charge in [-0.3, -0.25) is 0 Å². The molecule has 0 aromatic heterocycles. The number of nitrogens with two attached hydrogens (primary N) is 1. The van der Waals surface area contributed by atoms with Gasteiger partial charge in [-0.25, -0.2) is 4.79 Å². The van der Waals surface area contributed by atoms with Gasteiger partial charge in [0.1, 0.15) is 10.7 Å². The van der Waals surface area contributed by atoms with Crippen LogP contribution in [0.5, 0.6) is 0 Å². The normalized spacial score (nSPS) is 12.1. The second-order valence-corrected chi connectivity index (χ2v) is 1.62. The lowest BCUT2D eigenvalue weighted by Gasteiger charge is -1.91. The SMILES string of the molecule is N=C/C(C(=O)O)=C(\N)Cl. The Kier molecular flexibility index (Phi) is 2.73. The standard InChI is InChI=1S/C4H5ClN2O2/c5-3(7)2(1-6)4(8)9/h1,6H,7H2,(H,8,9)/b3-2+,6-1?. The molecule has 0 atom stereocenters. The third kappa shape index (κ3) is 2.14. The summed E-state index contributed by atoms with van der Waals surface area (Å²) in [5.74, 6) is -1.29. The molecule has 0 aromatic rings. The number of hydrogen-bond acceptors (Lipinski definition) is 3. The van der Waals surface area contributed by atoms with Crippen LogP contribution in [-0.4, -0.2) is 17.3 Å². The van der Waals surface area contributed by atoms with Crippen molar-refractivity contribution in [3.8, 4) is 0 Å². The Morgan fingerprint density at radius 2 is 2.22 bits per heavy atom. The first-order valence-corrected chi connectivity index (χ1v) is 2.36. The van der Waals surface area contributed by atoms with Gasteiger partial charge in [0.25, 0.3) is 0 Å². The number of carboxylic acids is 1. The number of nitrogens with one attached hydrogen (secondary N) is 1. The second-order valence-electron chi connectivity index (χ2n) is 1.21. The topological polar surface area (TPSA) is 87.2 Å². The van der Waals surface area contributed by atoms with E-state index in [1.54, 1.807) is 0 Å². The molecule has 0 rings (SSSR count). The number of carbonyl (C=O) groups is 1. The molecule has 0 saturated heterocycles. The van der Waals surface area contributed by atoms with Crippen LogP contribution in [0.15, 0.2) is 10.7 Å². The molecular formula is C4H5ClN2O2. The monoisotopic (exact) mass is 148 g/mol. The molecule has 0 aromatic carbocycles. The lowest BCUT2D eigenvalue weighted by atomic mass is 10.3. The smallest absolute Gasteiger partial charge is 0.340 e. The number of hydrogen-bond donors (Lipinski definition) is 3. The molecular weight excluding hydrogens is 144 g/mol. The summed E-state index contributed by atoms with van der Waals surface area (Å²) >= 11 is 5.06. The van der Waals surface area contributed by atoms with Crippen molar-refractivity contribution in [1.82, 2.24) is 0 Å². The third-order valence-corrected chi connectivity index (χ3v) is 0.836. The predicted octanol–water partition coefficient (Wildman–Crippen LogP) is 0.130. The Bertz CT molecular complexity index is 171. The molecule has 4 N–H and O–H groups in total. The van der Waals surface area contributed by atoms with Crippen molar-refractivity contribution >= 4 is 23.8 Å². The van der Waals surface area contributed by atoms with Gasteiger partial charge in [-0.05, 0) is 0 Å². The van der Waals surface area contributed by atoms with Crippen LogP contribution in [0.3, 0.4) is 0 Å². The van der Waals surface area contributed by atoms with Crippen LogP contribution in [0.4, 0.5) is 0 Å². The van der Waals surface area contributed by atoms with Crippen LogP contribution in [0.1, 0.15) is 0 Å². The Balaban J connectivity index is 4.55. The van der Waals surface area contributed by atoms with E-state index >= 15 is 0 Å². The molecule has 0 aliphatic carbocycles. The minimum absolute atomic E-state index is 0.377. The van der Waals surface area contributed by atoms with Crippen LogP contribution in [0.2, 0.25) is 0 Å². The summed E-state index contributed by atoms with van der Waals surface area (Å²) in [5.41, 5.74) is 4.47. The number of aliphatic carboxylic acids is 1. The van der Waals surface area contributed by atoms with Crippen LogP contribution >= 0.6 is 11.6 Å². The van der Waals surface area contributed by atoms with E-state index in [1.807, 2.05) is 0 Å². The molecule has 0 amide bonds. The van der Waals surface area contributed by atoms with E-state index in [0.717, 1.165) is 0 Å². The van der Waals surface area contributed by atoms with Crippen molar-refractivity contribution in [3.63, 3.8) is 0 Å². The van der Waals surface area contributed by atoms with Crippen molar-refractivity contribution in [2.45, 2.75) is 0 Å². The average molecular weight is 149 g/mol. The Hall–Kier alpha value is -1.03. The van der Waals surface area contributed by atoms with Gasteiger partial charge in [0.2, 0.25) is 0 Å². The molecule has 0 bridgehead atoms. The van der Waals surface area contributed by atoms with Crippen molar-refractivity contribution < 1.29 is 9.90 Å². The van der Waals surface area contributed by atoms with Gasteiger partial charge in [-0.1, -0.05) is 11.6 Å². The summed E-state index contributed by atoms with van der Waals surface area (Å²) in [4.78, 5) is 10.00. The Labute approximate surface area is 56.4 Å². The molecule has 0 heterocycles. The molecule has 0 aliphatic heterocycles. The summed E-state index contributed by atoms with van der Waals surface area (Å²) in [6, 6.07) is 0. The highest BCUT2D eigenvalue weighted by atomic mass is 35.5. The highest BCUT2D eigenvalue weighted by Crippen LogP contribution is 1.99. The van der Waals surface area contributed by atoms with Crippen LogP contribution in [-0.2, 0) is 4.79 Å². The van der Waals surface area contributed by atoms with Crippen LogP contribution in [0.25, 0.3) is 0 Å². The summed E-state index contributed by atoms with van der Waals surface area (Å²) in [6.07, 6.45) is 0.588. The van der Waals surface area contributed by atoms with Gasteiger partial charge in [0.05, 0.1) is 0 Å². The summed E-state index contributed by atoms with van der Waals surface area (Å²) < 4.78 is 0.